The van der Waals surface area contributed by atoms with E-state index in [4.69, 9.17) is 4.74 Å². The lowest BCUT2D eigenvalue weighted by molar-refractivity contribution is -0.132. The van der Waals surface area contributed by atoms with Crippen molar-refractivity contribution in [3.63, 3.8) is 0 Å². The summed E-state index contributed by atoms with van der Waals surface area (Å²) in [5.74, 6) is 1.37. The Kier molecular flexibility index (Phi) is 6.78. The third-order valence-corrected chi connectivity index (χ3v) is 6.25. The van der Waals surface area contributed by atoms with E-state index in [9.17, 15) is 14.4 Å². The van der Waals surface area contributed by atoms with Crippen LogP contribution in [0.4, 0.5) is 11.6 Å². The number of hydrogen-bond donors (Lipinski definition) is 2. The summed E-state index contributed by atoms with van der Waals surface area (Å²) in [5.41, 5.74) is 2.33. The third kappa shape index (κ3) is 5.42. The molecule has 0 aromatic carbocycles. The Bertz CT molecular complexity index is 1090. The first kappa shape index (κ1) is 23.0. The second-order valence-corrected chi connectivity index (χ2v) is 8.89. The first-order chi connectivity index (χ1) is 15.9. The van der Waals surface area contributed by atoms with Crippen molar-refractivity contribution in [1.82, 2.24) is 14.9 Å². The van der Waals surface area contributed by atoms with Crippen LogP contribution in [0.25, 0.3) is 11.1 Å². The Balaban J connectivity index is 1.54. The number of carbonyl (C=O) groups is 2. The van der Waals surface area contributed by atoms with Crippen LogP contribution in [-0.2, 0) is 14.3 Å². The van der Waals surface area contributed by atoms with Crippen molar-refractivity contribution >= 4 is 23.5 Å². The van der Waals surface area contributed by atoms with Gasteiger partial charge in [-0.3, -0.25) is 14.4 Å². The summed E-state index contributed by atoms with van der Waals surface area (Å²) in [6.45, 7) is 6.19. The number of aromatic amines is 1. The van der Waals surface area contributed by atoms with Crippen LogP contribution in [0.15, 0.2) is 29.2 Å². The number of anilines is 2. The minimum Gasteiger partial charge on any atom is -0.384 e. The van der Waals surface area contributed by atoms with Crippen molar-refractivity contribution in [3.05, 3.63) is 40.3 Å². The molecule has 33 heavy (non-hydrogen) atoms. The predicted octanol–water partition coefficient (Wildman–Crippen LogP) is 2.17. The summed E-state index contributed by atoms with van der Waals surface area (Å²) in [7, 11) is 1.59. The van der Waals surface area contributed by atoms with E-state index in [2.05, 4.69) is 20.2 Å². The zero-order valence-corrected chi connectivity index (χ0v) is 19.4. The zero-order valence-electron chi connectivity index (χ0n) is 19.4. The smallest absolute Gasteiger partial charge is 0.250 e. The van der Waals surface area contributed by atoms with Crippen LogP contribution in [-0.4, -0.2) is 66.1 Å². The van der Waals surface area contributed by atoms with Gasteiger partial charge < -0.3 is 24.8 Å². The van der Waals surface area contributed by atoms with Gasteiger partial charge in [0.25, 0.3) is 0 Å². The molecule has 1 atom stereocenters. The van der Waals surface area contributed by atoms with E-state index < -0.39 is 0 Å². The number of aryl methyl sites for hydroxylation is 1. The van der Waals surface area contributed by atoms with Crippen LogP contribution in [0, 0.1) is 12.8 Å². The minimum absolute atomic E-state index is 0.00403. The summed E-state index contributed by atoms with van der Waals surface area (Å²) in [5, 5.41) is 2.88. The molecule has 1 saturated carbocycles. The van der Waals surface area contributed by atoms with Crippen molar-refractivity contribution in [3.8, 4) is 11.1 Å². The monoisotopic (exact) mass is 453 g/mol. The van der Waals surface area contributed by atoms with Gasteiger partial charge in [-0.25, -0.2) is 4.98 Å². The number of pyridine rings is 2. The number of amides is 2. The summed E-state index contributed by atoms with van der Waals surface area (Å²) < 4.78 is 5.02. The van der Waals surface area contributed by atoms with E-state index >= 15 is 0 Å². The van der Waals surface area contributed by atoms with Gasteiger partial charge in [0.2, 0.25) is 17.4 Å². The maximum absolute atomic E-state index is 12.6. The van der Waals surface area contributed by atoms with Crippen LogP contribution in [0.5, 0.6) is 0 Å². The number of H-pyrrole nitrogens is 1. The standard InChI is InChI=1S/C24H31N5O4/c1-15-13-25-20(26-24(32)17-4-5-17)12-19(15)18-10-21(27-22(30)11-18)29-8-7-28(14-16(29)2)23(31)6-9-33-3/h10-13,16-17H,4-9,14H2,1-3H3,(H,27,30)(H,25,26,32)/t16-/m0/s1. The highest BCUT2D eigenvalue weighted by atomic mass is 16.5. The highest BCUT2D eigenvalue weighted by molar-refractivity contribution is 5.93. The number of piperazine rings is 1. The van der Waals surface area contributed by atoms with Gasteiger partial charge in [-0.05, 0) is 55.5 Å². The molecule has 0 unspecified atom stereocenters. The van der Waals surface area contributed by atoms with E-state index in [1.165, 1.54) is 0 Å². The van der Waals surface area contributed by atoms with Crippen LogP contribution in [0.1, 0.15) is 31.7 Å². The first-order valence-electron chi connectivity index (χ1n) is 11.4. The van der Waals surface area contributed by atoms with Gasteiger partial charge in [-0.1, -0.05) is 0 Å². The summed E-state index contributed by atoms with van der Waals surface area (Å²) in [4.78, 5) is 48.3. The van der Waals surface area contributed by atoms with Gasteiger partial charge in [-0.15, -0.1) is 0 Å². The lowest BCUT2D eigenvalue weighted by atomic mass is 10.0. The van der Waals surface area contributed by atoms with E-state index in [0.717, 1.165) is 29.5 Å². The summed E-state index contributed by atoms with van der Waals surface area (Å²) in [6, 6.07) is 5.38. The molecule has 1 aliphatic carbocycles. The minimum atomic E-state index is -0.201. The molecular formula is C24H31N5O4. The van der Waals surface area contributed by atoms with E-state index in [1.54, 1.807) is 19.4 Å². The lowest BCUT2D eigenvalue weighted by Crippen LogP contribution is -2.54. The molecule has 2 fully saturated rings. The van der Waals surface area contributed by atoms with E-state index in [-0.39, 0.29) is 29.3 Å². The maximum Gasteiger partial charge on any atom is 0.250 e. The number of hydrogen-bond acceptors (Lipinski definition) is 6. The molecule has 9 heteroatoms. The van der Waals surface area contributed by atoms with Crippen molar-refractivity contribution in [2.75, 3.05) is 43.6 Å². The average molecular weight is 454 g/mol. The number of aromatic nitrogens is 2. The Morgan fingerprint density at radius 2 is 2.03 bits per heavy atom. The Hall–Kier alpha value is -3.20. The normalized spacial score (nSPS) is 18.3. The van der Waals surface area contributed by atoms with Crippen LogP contribution in [0.3, 0.4) is 0 Å². The fourth-order valence-corrected chi connectivity index (χ4v) is 4.21. The number of rotatable bonds is 7. The molecule has 9 nitrogen and oxygen atoms in total. The molecule has 3 heterocycles. The van der Waals surface area contributed by atoms with Crippen molar-refractivity contribution in [1.29, 1.82) is 0 Å². The van der Waals surface area contributed by atoms with Crippen molar-refractivity contribution in [2.45, 2.75) is 39.2 Å². The third-order valence-electron chi connectivity index (χ3n) is 6.25. The van der Waals surface area contributed by atoms with E-state index in [1.807, 2.05) is 30.9 Å². The quantitative estimate of drug-likeness (QED) is 0.665. The fourth-order valence-electron chi connectivity index (χ4n) is 4.21. The maximum atomic E-state index is 12.6. The fraction of sp³-hybridized carbons (Fsp3) is 0.500. The average Bonchev–Trinajstić information content (AvgIpc) is 3.64. The Morgan fingerprint density at radius 3 is 2.73 bits per heavy atom. The molecule has 176 valence electrons. The Labute approximate surface area is 193 Å². The topological polar surface area (TPSA) is 108 Å². The number of nitrogens with zero attached hydrogens (tertiary/aromatic N) is 3. The second kappa shape index (κ2) is 9.74. The lowest BCUT2D eigenvalue weighted by Gasteiger charge is -2.41. The molecule has 0 bridgehead atoms. The number of carbonyl (C=O) groups excluding carboxylic acids is 2. The van der Waals surface area contributed by atoms with Gasteiger partial charge >= 0.3 is 0 Å². The first-order valence-corrected chi connectivity index (χ1v) is 11.4. The van der Waals surface area contributed by atoms with E-state index in [0.29, 0.717) is 44.3 Å². The molecule has 1 aliphatic heterocycles. The van der Waals surface area contributed by atoms with Gasteiger partial charge in [0.05, 0.1) is 13.0 Å². The molecule has 2 aromatic heterocycles. The second-order valence-electron chi connectivity index (χ2n) is 8.89. The molecule has 4 rings (SSSR count). The number of ether oxygens (including phenoxy) is 1. The van der Waals surface area contributed by atoms with Crippen molar-refractivity contribution in [2.24, 2.45) is 5.92 Å². The molecule has 0 radical (unpaired) electrons. The van der Waals surface area contributed by atoms with Gasteiger partial charge in [0.1, 0.15) is 11.6 Å². The highest BCUT2D eigenvalue weighted by Gasteiger charge is 2.30. The molecule has 2 N–H and O–H groups in total. The largest absolute Gasteiger partial charge is 0.384 e. The molecule has 1 saturated heterocycles. The van der Waals surface area contributed by atoms with Gasteiger partial charge in [0, 0.05) is 51.0 Å². The zero-order chi connectivity index (χ0) is 23.5. The predicted molar refractivity (Wildman–Crippen MR) is 126 cm³/mol. The number of methoxy groups -OCH3 is 1. The van der Waals surface area contributed by atoms with Crippen LogP contribution >= 0.6 is 0 Å². The molecule has 2 aliphatic rings. The van der Waals surface area contributed by atoms with Gasteiger partial charge in [0.15, 0.2) is 0 Å². The summed E-state index contributed by atoms with van der Waals surface area (Å²) in [6.07, 6.45) is 3.93. The molecular weight excluding hydrogens is 422 g/mol. The van der Waals surface area contributed by atoms with Crippen LogP contribution in [0.2, 0.25) is 0 Å². The SMILES string of the molecule is COCCC(=O)N1CCN(c2cc(-c3cc(NC(=O)C4CC4)ncc3C)cc(=O)[nH]2)[C@@H](C)C1. The van der Waals surface area contributed by atoms with Crippen molar-refractivity contribution < 1.29 is 14.3 Å². The molecule has 0 spiro atoms. The molecule has 2 amide bonds. The summed E-state index contributed by atoms with van der Waals surface area (Å²) >= 11 is 0. The number of nitrogens with one attached hydrogen (secondary N) is 2. The highest BCUT2D eigenvalue weighted by Crippen LogP contribution is 2.31. The van der Waals surface area contributed by atoms with Crippen LogP contribution < -0.4 is 15.8 Å². The molecule has 2 aromatic rings. The Morgan fingerprint density at radius 1 is 1.24 bits per heavy atom. The van der Waals surface area contributed by atoms with Gasteiger partial charge in [-0.2, -0.15) is 0 Å².